The lowest BCUT2D eigenvalue weighted by atomic mass is 10.1. The highest BCUT2D eigenvalue weighted by molar-refractivity contribution is 9.10. The second kappa shape index (κ2) is 7.81. The number of amides is 1. The zero-order chi connectivity index (χ0) is 15.5. The normalized spacial score (nSPS) is 13.0. The van der Waals surface area contributed by atoms with Crippen LogP contribution in [0.4, 0.5) is 0 Å². The highest BCUT2D eigenvalue weighted by atomic mass is 79.9. The first-order valence-corrected chi connectivity index (χ1v) is 7.86. The van der Waals surface area contributed by atoms with Crippen molar-refractivity contribution in [1.29, 1.82) is 0 Å². The molecule has 0 bridgehead atoms. The van der Waals surface area contributed by atoms with Crippen molar-refractivity contribution in [2.24, 2.45) is 0 Å². The van der Waals surface area contributed by atoms with E-state index in [2.05, 4.69) is 36.8 Å². The summed E-state index contributed by atoms with van der Waals surface area (Å²) < 4.78 is 6.25. The lowest BCUT2D eigenvalue weighted by Gasteiger charge is -2.13. The van der Waals surface area contributed by atoms with Gasteiger partial charge in [0.25, 0.3) is 5.91 Å². The first-order valence-electron chi connectivity index (χ1n) is 7.06. The van der Waals surface area contributed by atoms with Gasteiger partial charge in [0.1, 0.15) is 5.75 Å². The molecule has 23 heavy (non-hydrogen) atoms. The average molecular weight is 402 g/mol. The van der Waals surface area contributed by atoms with Crippen LogP contribution in [0.5, 0.6) is 5.75 Å². The number of hydrogen-bond donors (Lipinski definition) is 3. The van der Waals surface area contributed by atoms with Gasteiger partial charge < -0.3 is 15.4 Å². The van der Waals surface area contributed by atoms with E-state index in [-0.39, 0.29) is 18.3 Å². The van der Waals surface area contributed by atoms with Crippen LogP contribution < -0.4 is 15.4 Å². The Bertz CT molecular complexity index is 705. The van der Waals surface area contributed by atoms with Gasteiger partial charge in [0, 0.05) is 47.3 Å². The lowest BCUT2D eigenvalue weighted by Crippen LogP contribution is -2.28. The van der Waals surface area contributed by atoms with Crippen LogP contribution >= 0.6 is 28.3 Å². The molecule has 1 aliphatic heterocycles. The molecule has 2 aromatic rings. The molecule has 0 unspecified atom stereocenters. The molecule has 0 saturated heterocycles. The fraction of sp³-hybridized carbons (Fsp3) is 0.333. The van der Waals surface area contributed by atoms with E-state index in [0.29, 0.717) is 18.8 Å². The third kappa shape index (κ3) is 3.85. The summed E-state index contributed by atoms with van der Waals surface area (Å²) in [5, 5.41) is 13.3. The van der Waals surface area contributed by atoms with Crippen LogP contribution in [0.3, 0.4) is 0 Å². The predicted molar refractivity (Wildman–Crippen MR) is 93.1 cm³/mol. The third-order valence-corrected chi connectivity index (χ3v) is 4.20. The number of hydrogen-bond acceptors (Lipinski definition) is 4. The van der Waals surface area contributed by atoms with E-state index in [0.717, 1.165) is 40.0 Å². The molecule has 0 atom stereocenters. The number of benzene rings is 1. The van der Waals surface area contributed by atoms with Crippen molar-refractivity contribution in [1.82, 2.24) is 20.8 Å². The Labute approximate surface area is 148 Å². The fourth-order valence-electron chi connectivity index (χ4n) is 2.56. The second-order valence-corrected chi connectivity index (χ2v) is 6.01. The number of nitrogens with zero attached hydrogens (tertiary/aromatic N) is 1. The van der Waals surface area contributed by atoms with E-state index >= 15 is 0 Å². The van der Waals surface area contributed by atoms with E-state index in [9.17, 15) is 4.79 Å². The van der Waals surface area contributed by atoms with Crippen molar-refractivity contribution in [3.8, 4) is 5.75 Å². The highest BCUT2D eigenvalue weighted by Crippen LogP contribution is 2.23. The van der Waals surface area contributed by atoms with Crippen molar-refractivity contribution in [3.63, 3.8) is 0 Å². The summed E-state index contributed by atoms with van der Waals surface area (Å²) in [5.74, 6) is 0.567. The van der Waals surface area contributed by atoms with Gasteiger partial charge in [0.2, 0.25) is 0 Å². The van der Waals surface area contributed by atoms with E-state index in [1.165, 1.54) is 0 Å². The van der Waals surface area contributed by atoms with Gasteiger partial charge in [0.15, 0.2) is 5.69 Å². The maximum Gasteiger partial charge on any atom is 0.272 e. The van der Waals surface area contributed by atoms with Gasteiger partial charge in [-0.05, 0) is 18.2 Å². The van der Waals surface area contributed by atoms with Gasteiger partial charge in [-0.15, -0.1) is 12.4 Å². The minimum Gasteiger partial charge on any atom is -0.496 e. The summed E-state index contributed by atoms with van der Waals surface area (Å²) >= 11 is 3.43. The van der Waals surface area contributed by atoms with Crippen molar-refractivity contribution in [2.75, 3.05) is 13.7 Å². The lowest BCUT2D eigenvalue weighted by molar-refractivity contribution is 0.0944. The number of carbonyl (C=O) groups is 1. The number of halogens is 2. The van der Waals surface area contributed by atoms with Gasteiger partial charge in [-0.25, -0.2) is 0 Å². The molecule has 1 aliphatic rings. The van der Waals surface area contributed by atoms with Crippen LogP contribution in [-0.4, -0.2) is 29.8 Å². The zero-order valence-electron chi connectivity index (χ0n) is 12.6. The number of nitrogens with one attached hydrogen (secondary N) is 3. The molecule has 3 N–H and O–H groups in total. The molecule has 2 heterocycles. The molecule has 0 fully saturated rings. The van der Waals surface area contributed by atoms with Crippen molar-refractivity contribution in [2.45, 2.75) is 19.5 Å². The Morgan fingerprint density at radius 1 is 1.48 bits per heavy atom. The van der Waals surface area contributed by atoms with Gasteiger partial charge >= 0.3 is 0 Å². The smallest absolute Gasteiger partial charge is 0.272 e. The van der Waals surface area contributed by atoms with E-state index in [4.69, 9.17) is 4.74 Å². The van der Waals surface area contributed by atoms with Gasteiger partial charge in [-0.1, -0.05) is 15.9 Å². The number of carbonyl (C=O) groups excluding carboxylic acids is 1. The van der Waals surface area contributed by atoms with Gasteiger partial charge in [-0.2, -0.15) is 5.10 Å². The molecule has 6 nitrogen and oxygen atoms in total. The van der Waals surface area contributed by atoms with Crippen molar-refractivity contribution in [3.05, 3.63) is 45.2 Å². The van der Waals surface area contributed by atoms with E-state index < -0.39 is 0 Å². The zero-order valence-corrected chi connectivity index (χ0v) is 15.0. The highest BCUT2D eigenvalue weighted by Gasteiger charge is 2.21. The molecule has 8 heteroatoms. The molecule has 3 rings (SSSR count). The number of aromatic nitrogens is 2. The number of rotatable bonds is 4. The topological polar surface area (TPSA) is 79.0 Å². The van der Waals surface area contributed by atoms with Crippen LogP contribution in [0.15, 0.2) is 22.7 Å². The monoisotopic (exact) mass is 400 g/mol. The molecule has 1 aromatic heterocycles. The fourth-order valence-corrected chi connectivity index (χ4v) is 2.97. The number of aromatic amines is 1. The molecule has 0 saturated carbocycles. The van der Waals surface area contributed by atoms with Crippen molar-refractivity contribution >= 4 is 34.2 Å². The summed E-state index contributed by atoms with van der Waals surface area (Å²) in [7, 11) is 1.62. The standard InChI is InChI=1S/C15H17BrN4O2.ClH/c1-22-13-3-2-10(16)6-9(13)7-18-15(21)14-11-8-17-5-4-12(11)19-20-14;/h2-3,6,17H,4-5,7-8H2,1H3,(H,18,21)(H,19,20);1H. The summed E-state index contributed by atoms with van der Waals surface area (Å²) in [6.07, 6.45) is 0.870. The Hall–Kier alpha value is -1.57. The van der Waals surface area contributed by atoms with E-state index in [1.807, 2.05) is 18.2 Å². The Morgan fingerprint density at radius 2 is 2.30 bits per heavy atom. The molecule has 1 amide bonds. The average Bonchev–Trinajstić information content (AvgIpc) is 2.97. The summed E-state index contributed by atoms with van der Waals surface area (Å²) in [4.78, 5) is 12.4. The first-order chi connectivity index (χ1) is 10.7. The maximum absolute atomic E-state index is 12.4. The summed E-state index contributed by atoms with van der Waals surface area (Å²) in [6.45, 7) is 1.97. The van der Waals surface area contributed by atoms with Crippen LogP contribution in [0, 0.1) is 0 Å². The van der Waals surface area contributed by atoms with E-state index in [1.54, 1.807) is 7.11 Å². The SMILES string of the molecule is COc1ccc(Br)cc1CNC(=O)c1n[nH]c2c1CNCC2.Cl. The molecule has 0 spiro atoms. The molecule has 124 valence electrons. The molecule has 0 aliphatic carbocycles. The minimum absolute atomic E-state index is 0. The van der Waals surface area contributed by atoms with Crippen LogP contribution in [0.2, 0.25) is 0 Å². The third-order valence-electron chi connectivity index (χ3n) is 3.70. The van der Waals surface area contributed by atoms with Crippen LogP contribution in [-0.2, 0) is 19.5 Å². The van der Waals surface area contributed by atoms with Gasteiger partial charge in [0.05, 0.1) is 7.11 Å². The summed E-state index contributed by atoms with van der Waals surface area (Å²) in [5.41, 5.74) is 3.39. The Balaban J connectivity index is 0.00000192. The number of methoxy groups -OCH3 is 1. The largest absolute Gasteiger partial charge is 0.496 e. The quantitative estimate of drug-likeness (QED) is 0.734. The van der Waals surface area contributed by atoms with Gasteiger partial charge in [-0.3, -0.25) is 9.89 Å². The molecule has 0 radical (unpaired) electrons. The Morgan fingerprint density at radius 3 is 3.09 bits per heavy atom. The number of H-pyrrole nitrogens is 1. The first kappa shape index (κ1) is 17.8. The Kier molecular flexibility index (Phi) is 6.04. The minimum atomic E-state index is -0.178. The molecule has 1 aromatic carbocycles. The van der Waals surface area contributed by atoms with Crippen LogP contribution in [0.1, 0.15) is 27.3 Å². The maximum atomic E-state index is 12.4. The van der Waals surface area contributed by atoms with Crippen molar-refractivity contribution < 1.29 is 9.53 Å². The predicted octanol–water partition coefficient (Wildman–Crippen LogP) is 2.18. The number of ether oxygens (including phenoxy) is 1. The number of fused-ring (bicyclic) bond motifs is 1. The molecular formula is C15H18BrClN4O2. The second-order valence-electron chi connectivity index (χ2n) is 5.09. The van der Waals surface area contributed by atoms with Crippen LogP contribution in [0.25, 0.3) is 0 Å². The molecular weight excluding hydrogens is 384 g/mol. The summed E-state index contributed by atoms with van der Waals surface area (Å²) in [6, 6.07) is 5.70.